The number of H-pyrrole nitrogens is 1. The second-order valence-corrected chi connectivity index (χ2v) is 14.3. The van der Waals surface area contributed by atoms with Crippen molar-refractivity contribution in [1.82, 2.24) is 44.4 Å². The summed E-state index contributed by atoms with van der Waals surface area (Å²) in [5.41, 5.74) is 7.67. The summed E-state index contributed by atoms with van der Waals surface area (Å²) < 4.78 is 6.71. The van der Waals surface area contributed by atoms with E-state index < -0.39 is 0 Å². The number of rotatable bonds is 0. The van der Waals surface area contributed by atoms with Crippen LogP contribution in [-0.4, -0.2) is 44.4 Å². The number of thiazole rings is 1. The van der Waals surface area contributed by atoms with Crippen LogP contribution in [0.2, 0.25) is 0 Å². The number of nitrogens with one attached hydrogen (secondary N) is 1. The van der Waals surface area contributed by atoms with Gasteiger partial charge in [0.15, 0.2) is 0 Å². The molecule has 1 N–H and O–H groups in total. The Hall–Kier alpha value is -6.37. The molecule has 0 spiro atoms. The van der Waals surface area contributed by atoms with Crippen LogP contribution in [0.5, 0.6) is 0 Å². The van der Waals surface area contributed by atoms with Gasteiger partial charge in [0.1, 0.15) is 5.82 Å². The lowest BCUT2D eigenvalue weighted by Gasteiger charge is -1.82. The van der Waals surface area contributed by atoms with E-state index in [1.54, 1.807) is 84.6 Å². The molecule has 0 aromatic carbocycles. The molecule has 0 saturated heterocycles. The average molecular weight is 816 g/mol. The van der Waals surface area contributed by atoms with Crippen molar-refractivity contribution in [1.29, 1.82) is 0 Å². The van der Waals surface area contributed by atoms with Gasteiger partial charge in [-0.1, -0.05) is 18.2 Å². The second kappa shape index (κ2) is 33.9. The van der Waals surface area contributed by atoms with Gasteiger partial charge in [0.25, 0.3) is 0 Å². The fourth-order valence-corrected chi connectivity index (χ4v) is 4.38. The first kappa shape index (κ1) is 49.6. The van der Waals surface area contributed by atoms with Gasteiger partial charge in [-0.2, -0.15) is 0 Å². The number of pyridine rings is 2. The minimum atomic E-state index is 0.822. The highest BCUT2D eigenvalue weighted by molar-refractivity contribution is 7.09. The molecule has 10 nitrogen and oxygen atoms in total. The number of aromatic amines is 1. The summed E-state index contributed by atoms with van der Waals surface area (Å²) in [4.78, 5) is 32.7. The lowest BCUT2D eigenvalue weighted by atomic mass is 10.3. The third-order valence-corrected chi connectivity index (χ3v) is 7.90. The topological polar surface area (TPSA) is 124 Å². The van der Waals surface area contributed by atoms with Crippen LogP contribution < -0.4 is 0 Å². The molecule has 9 aromatic heterocycles. The molecule has 12 heteroatoms. The molecule has 0 aliphatic rings. The summed E-state index contributed by atoms with van der Waals surface area (Å²) in [5.74, 6) is 0.822. The van der Waals surface area contributed by atoms with Gasteiger partial charge < -0.3 is 14.0 Å². The Morgan fingerprint density at radius 3 is 1.38 bits per heavy atom. The predicted octanol–water partition coefficient (Wildman–Crippen LogP) is 11.8. The van der Waals surface area contributed by atoms with Crippen LogP contribution in [0.25, 0.3) is 0 Å². The lowest BCUT2D eigenvalue weighted by Crippen LogP contribution is -1.80. The number of nitrogens with zero attached hydrogens (tertiary/aromatic N) is 8. The van der Waals surface area contributed by atoms with Crippen molar-refractivity contribution in [2.75, 3.05) is 0 Å². The van der Waals surface area contributed by atoms with Gasteiger partial charge in [-0.3, -0.25) is 24.9 Å². The van der Waals surface area contributed by atoms with E-state index in [2.05, 4.69) is 71.2 Å². The first-order valence-corrected chi connectivity index (χ1v) is 20.0. The van der Waals surface area contributed by atoms with E-state index in [0.29, 0.717) is 0 Å². The maximum absolute atomic E-state index is 4.71. The zero-order valence-electron chi connectivity index (χ0n) is 35.0. The summed E-state index contributed by atoms with van der Waals surface area (Å²) in [6.07, 6.45) is 28.8. The van der Waals surface area contributed by atoms with Crippen molar-refractivity contribution in [3.05, 3.63) is 220 Å². The van der Waals surface area contributed by atoms with Crippen LogP contribution >= 0.6 is 22.7 Å². The minimum Gasteiger partial charge on any atom is -0.472 e. The molecule has 0 unspecified atom stereocenters. The zero-order chi connectivity index (χ0) is 42.5. The summed E-state index contributed by atoms with van der Waals surface area (Å²) in [6, 6.07) is 21.8. The van der Waals surface area contributed by atoms with Gasteiger partial charge in [0.2, 0.25) is 0 Å². The van der Waals surface area contributed by atoms with Crippen LogP contribution in [0.4, 0.5) is 0 Å². The SMILES string of the molecule is Cc1cc[nH]c1.Cc1cccnc1.Cc1cccnc1.Cc1cccs1.Cc1ccoc1.Cc1cnccn1.Cc1cncs1.Cc1ncccn1.Cn1cccc1. The first-order valence-electron chi connectivity index (χ1n) is 18.2. The van der Waals surface area contributed by atoms with E-state index >= 15 is 0 Å². The van der Waals surface area contributed by atoms with Crippen LogP contribution in [-0.2, 0) is 7.05 Å². The van der Waals surface area contributed by atoms with Crippen LogP contribution in [0.1, 0.15) is 43.5 Å². The zero-order valence-corrected chi connectivity index (χ0v) is 36.7. The number of thiophene rings is 1. The largest absolute Gasteiger partial charge is 0.472 e. The molecule has 0 atom stereocenters. The molecular formula is C46H57N9OS2. The third kappa shape index (κ3) is 31.9. The monoisotopic (exact) mass is 815 g/mol. The Labute approximate surface area is 352 Å². The van der Waals surface area contributed by atoms with E-state index in [-0.39, 0.29) is 0 Å². The number of hydrogen-bond donors (Lipinski definition) is 1. The fourth-order valence-electron chi connectivity index (χ4n) is 3.44. The highest BCUT2D eigenvalue weighted by Gasteiger charge is 1.79. The van der Waals surface area contributed by atoms with Gasteiger partial charge in [0.05, 0.1) is 23.7 Å². The van der Waals surface area contributed by atoms with Crippen molar-refractivity contribution >= 4 is 22.7 Å². The van der Waals surface area contributed by atoms with Gasteiger partial charge in [0, 0.05) is 104 Å². The molecule has 0 radical (unpaired) electrons. The summed E-state index contributed by atoms with van der Waals surface area (Å²) >= 11 is 3.44. The van der Waals surface area contributed by atoms with Crippen LogP contribution in [0.3, 0.4) is 0 Å². The molecule has 9 aromatic rings. The van der Waals surface area contributed by atoms with Crippen LogP contribution in [0, 0.1) is 55.4 Å². The van der Waals surface area contributed by atoms with Gasteiger partial charge in [-0.15, -0.1) is 22.7 Å². The quantitative estimate of drug-likeness (QED) is 0.160. The molecule has 0 bridgehead atoms. The molecular weight excluding hydrogens is 759 g/mol. The Balaban J connectivity index is 0.000000327. The van der Waals surface area contributed by atoms with Gasteiger partial charge >= 0.3 is 0 Å². The molecule has 0 aliphatic heterocycles. The van der Waals surface area contributed by atoms with Gasteiger partial charge in [-0.05, 0) is 132 Å². The molecule has 0 aliphatic carbocycles. The smallest absolute Gasteiger partial charge is 0.125 e. The van der Waals surface area contributed by atoms with Crippen molar-refractivity contribution < 1.29 is 4.42 Å². The van der Waals surface area contributed by atoms with E-state index in [9.17, 15) is 0 Å². The van der Waals surface area contributed by atoms with Crippen molar-refractivity contribution in [3.63, 3.8) is 0 Å². The Kier molecular flexibility index (Phi) is 29.0. The molecule has 9 rings (SSSR count). The number of aromatic nitrogens is 9. The molecule has 304 valence electrons. The predicted molar refractivity (Wildman–Crippen MR) is 242 cm³/mol. The highest BCUT2D eigenvalue weighted by atomic mass is 32.1. The van der Waals surface area contributed by atoms with E-state index in [0.717, 1.165) is 11.5 Å². The maximum atomic E-state index is 4.71. The maximum Gasteiger partial charge on any atom is 0.125 e. The Morgan fingerprint density at radius 1 is 0.534 bits per heavy atom. The van der Waals surface area contributed by atoms with Crippen molar-refractivity contribution in [2.45, 2.75) is 55.4 Å². The minimum absolute atomic E-state index is 0.822. The van der Waals surface area contributed by atoms with E-state index in [4.69, 9.17) is 4.42 Å². The molecule has 0 saturated carbocycles. The highest BCUT2D eigenvalue weighted by Crippen LogP contribution is 2.03. The van der Waals surface area contributed by atoms with Crippen molar-refractivity contribution in [2.24, 2.45) is 7.05 Å². The molecule has 58 heavy (non-hydrogen) atoms. The summed E-state index contributed by atoms with van der Waals surface area (Å²) in [7, 11) is 2.00. The summed E-state index contributed by atoms with van der Waals surface area (Å²) in [5, 5.41) is 2.08. The standard InChI is InChI=1S/2C6H7N.2C5H6N2.2C5H7N.C5H6O.C5H6S.C4H5NS/c2*1-6-3-2-4-7-5-6;1-5-4-6-2-3-7-5;1-5-6-3-2-4-7-5;1-5-2-3-6-4-5;1-6-4-2-3-5-6;1-5-2-3-6-4-5;1-5-3-2-4-6-5;1-4-2-5-3-6-4/h2*2-5H,1H3;2*2-4H,1H3;2-4,6H,1H3;2-5H,1H3;2*2-4H,1H3;2-3H,1H3. The average Bonchev–Trinajstić information content (AvgIpc) is 4.10. The number of furan rings is 1. The van der Waals surface area contributed by atoms with Crippen molar-refractivity contribution in [3.8, 4) is 0 Å². The van der Waals surface area contributed by atoms with E-state index in [1.807, 2.05) is 151 Å². The molecule has 0 amide bonds. The van der Waals surface area contributed by atoms with Crippen LogP contribution in [0.15, 0.2) is 181 Å². The molecule has 9 heterocycles. The Morgan fingerprint density at radius 2 is 1.19 bits per heavy atom. The van der Waals surface area contributed by atoms with Gasteiger partial charge in [-0.25, -0.2) is 9.97 Å². The summed E-state index contributed by atoms with van der Waals surface area (Å²) in [6.45, 7) is 16.0. The third-order valence-electron chi connectivity index (χ3n) is 6.40. The fraction of sp³-hybridized carbons (Fsp3) is 0.196. The number of aryl methyl sites for hydroxylation is 9. The second-order valence-electron chi connectivity index (χ2n) is 12.1. The normalized spacial score (nSPS) is 8.78. The lowest BCUT2D eigenvalue weighted by molar-refractivity contribution is 0.565. The first-order chi connectivity index (χ1) is 28.0. The van der Waals surface area contributed by atoms with E-state index in [1.165, 1.54) is 32.0 Å². The number of hydrogen-bond acceptors (Lipinski definition) is 10. The molecule has 0 fully saturated rings. The Bertz CT molecular complexity index is 1740.